The standard InChI is InChI=1S/C21H19F2N3O/c1-11-6-7-16(23)20-18(11)14(12(2)25-20)8-9-24-21(27)17-10-13-4-3-5-15(22)19(13)26-17/h3-7,10,25-26H,8-9H2,1-2H3,(H,24,27). The zero-order chi connectivity index (χ0) is 19.1. The Labute approximate surface area is 154 Å². The number of fused-ring (bicyclic) bond motifs is 2. The van der Waals surface area contributed by atoms with E-state index < -0.39 is 5.82 Å². The molecule has 2 aromatic heterocycles. The number of aromatic nitrogens is 2. The van der Waals surface area contributed by atoms with Crippen LogP contribution in [0.4, 0.5) is 8.78 Å². The largest absolute Gasteiger partial charge is 0.356 e. The third-order valence-electron chi connectivity index (χ3n) is 4.94. The Morgan fingerprint density at radius 3 is 2.59 bits per heavy atom. The highest BCUT2D eigenvalue weighted by molar-refractivity contribution is 5.98. The minimum absolute atomic E-state index is 0.283. The van der Waals surface area contributed by atoms with Gasteiger partial charge in [-0.3, -0.25) is 4.79 Å². The van der Waals surface area contributed by atoms with Crippen molar-refractivity contribution in [2.24, 2.45) is 0 Å². The fraction of sp³-hybridized carbons (Fsp3) is 0.190. The topological polar surface area (TPSA) is 60.7 Å². The molecule has 0 atom stereocenters. The van der Waals surface area contributed by atoms with Crippen molar-refractivity contribution in [1.29, 1.82) is 0 Å². The zero-order valence-electron chi connectivity index (χ0n) is 15.0. The van der Waals surface area contributed by atoms with Crippen LogP contribution >= 0.6 is 0 Å². The van der Waals surface area contributed by atoms with Gasteiger partial charge in [0.1, 0.15) is 17.3 Å². The van der Waals surface area contributed by atoms with Crippen molar-refractivity contribution in [1.82, 2.24) is 15.3 Å². The molecule has 2 aromatic carbocycles. The van der Waals surface area contributed by atoms with Gasteiger partial charge in [0.2, 0.25) is 0 Å². The van der Waals surface area contributed by atoms with E-state index in [1.807, 2.05) is 13.8 Å². The molecule has 0 spiro atoms. The van der Waals surface area contributed by atoms with E-state index in [0.717, 1.165) is 22.2 Å². The number of carbonyl (C=O) groups excluding carboxylic acids is 1. The molecule has 4 rings (SSSR count). The molecule has 0 aliphatic heterocycles. The van der Waals surface area contributed by atoms with Gasteiger partial charge in [-0.2, -0.15) is 0 Å². The summed E-state index contributed by atoms with van der Waals surface area (Å²) in [5.74, 6) is -0.974. The van der Waals surface area contributed by atoms with E-state index in [1.54, 1.807) is 24.3 Å². The van der Waals surface area contributed by atoms with Crippen molar-refractivity contribution in [3.8, 4) is 0 Å². The van der Waals surface area contributed by atoms with Crippen LogP contribution in [0.3, 0.4) is 0 Å². The Balaban J connectivity index is 1.52. The number of amides is 1. The van der Waals surface area contributed by atoms with Crippen molar-refractivity contribution >= 4 is 27.7 Å². The summed E-state index contributed by atoms with van der Waals surface area (Å²) >= 11 is 0. The first kappa shape index (κ1) is 17.3. The van der Waals surface area contributed by atoms with Crippen LogP contribution in [-0.2, 0) is 6.42 Å². The summed E-state index contributed by atoms with van der Waals surface area (Å²) in [5, 5.41) is 4.36. The van der Waals surface area contributed by atoms with Gasteiger partial charge in [-0.1, -0.05) is 18.2 Å². The third kappa shape index (κ3) is 2.97. The van der Waals surface area contributed by atoms with Crippen LogP contribution in [0.15, 0.2) is 36.4 Å². The van der Waals surface area contributed by atoms with Crippen LogP contribution in [0, 0.1) is 25.5 Å². The van der Waals surface area contributed by atoms with E-state index >= 15 is 0 Å². The lowest BCUT2D eigenvalue weighted by Crippen LogP contribution is -2.26. The maximum absolute atomic E-state index is 14.0. The van der Waals surface area contributed by atoms with Gasteiger partial charge in [-0.05, 0) is 49.6 Å². The highest BCUT2D eigenvalue weighted by Crippen LogP contribution is 2.27. The number of hydrogen-bond donors (Lipinski definition) is 3. The van der Waals surface area contributed by atoms with Crippen molar-refractivity contribution < 1.29 is 13.6 Å². The molecule has 4 nitrogen and oxygen atoms in total. The van der Waals surface area contributed by atoms with E-state index in [-0.39, 0.29) is 11.7 Å². The second kappa shape index (κ2) is 6.54. The minimum atomic E-state index is -0.390. The van der Waals surface area contributed by atoms with Crippen molar-refractivity contribution in [2.75, 3.05) is 6.54 Å². The molecular weight excluding hydrogens is 348 g/mol. The van der Waals surface area contributed by atoms with E-state index in [2.05, 4.69) is 15.3 Å². The lowest BCUT2D eigenvalue weighted by atomic mass is 10.0. The molecule has 0 bridgehead atoms. The second-order valence-electron chi connectivity index (χ2n) is 6.74. The highest BCUT2D eigenvalue weighted by Gasteiger charge is 2.15. The third-order valence-corrected chi connectivity index (χ3v) is 4.94. The van der Waals surface area contributed by atoms with Crippen molar-refractivity contribution in [3.63, 3.8) is 0 Å². The van der Waals surface area contributed by atoms with Crippen molar-refractivity contribution in [2.45, 2.75) is 20.3 Å². The summed E-state index contributed by atoms with van der Waals surface area (Å²) in [6.45, 7) is 4.23. The Bertz CT molecular complexity index is 1170. The molecule has 138 valence electrons. The molecule has 4 aromatic rings. The van der Waals surface area contributed by atoms with E-state index in [0.29, 0.717) is 35.1 Å². The predicted molar refractivity (Wildman–Crippen MR) is 102 cm³/mol. The Morgan fingerprint density at radius 2 is 1.81 bits per heavy atom. The molecule has 3 N–H and O–H groups in total. The highest BCUT2D eigenvalue weighted by atomic mass is 19.1. The number of para-hydroxylation sites is 1. The number of carbonyl (C=O) groups is 1. The number of benzene rings is 2. The van der Waals surface area contributed by atoms with Gasteiger partial charge in [0.05, 0.1) is 11.0 Å². The first-order valence-electron chi connectivity index (χ1n) is 8.77. The monoisotopic (exact) mass is 367 g/mol. The smallest absolute Gasteiger partial charge is 0.267 e. The molecule has 6 heteroatoms. The summed E-state index contributed by atoms with van der Waals surface area (Å²) in [6.07, 6.45) is 0.566. The number of H-pyrrole nitrogens is 2. The van der Waals surface area contributed by atoms with Crippen LogP contribution in [0.5, 0.6) is 0 Å². The van der Waals surface area contributed by atoms with Gasteiger partial charge in [-0.25, -0.2) is 8.78 Å². The summed E-state index contributed by atoms with van der Waals surface area (Å²) < 4.78 is 27.8. The molecule has 2 heterocycles. The van der Waals surface area contributed by atoms with Crippen LogP contribution in [0.2, 0.25) is 0 Å². The fourth-order valence-electron chi connectivity index (χ4n) is 3.59. The van der Waals surface area contributed by atoms with Crippen molar-refractivity contribution in [3.05, 3.63) is 70.5 Å². The molecule has 0 aliphatic rings. The van der Waals surface area contributed by atoms with E-state index in [9.17, 15) is 13.6 Å². The molecule has 27 heavy (non-hydrogen) atoms. The van der Waals surface area contributed by atoms with E-state index in [4.69, 9.17) is 0 Å². The molecule has 0 saturated carbocycles. The van der Waals surface area contributed by atoms with Crippen LogP contribution in [0.25, 0.3) is 21.8 Å². The maximum Gasteiger partial charge on any atom is 0.267 e. The lowest BCUT2D eigenvalue weighted by molar-refractivity contribution is 0.0950. The molecule has 0 fully saturated rings. The number of hydrogen-bond acceptors (Lipinski definition) is 1. The lowest BCUT2D eigenvalue weighted by Gasteiger charge is -2.06. The van der Waals surface area contributed by atoms with Gasteiger partial charge >= 0.3 is 0 Å². The molecule has 0 aliphatic carbocycles. The summed E-state index contributed by atoms with van der Waals surface area (Å²) in [7, 11) is 0. The number of aryl methyl sites for hydroxylation is 2. The number of aromatic amines is 2. The van der Waals surface area contributed by atoms with Crippen LogP contribution < -0.4 is 5.32 Å². The number of halogens is 2. The Kier molecular flexibility index (Phi) is 4.18. The summed E-state index contributed by atoms with van der Waals surface area (Å²) in [4.78, 5) is 18.3. The van der Waals surface area contributed by atoms with Gasteiger partial charge in [-0.15, -0.1) is 0 Å². The first-order valence-corrected chi connectivity index (χ1v) is 8.77. The Hall–Kier alpha value is -3.15. The zero-order valence-corrected chi connectivity index (χ0v) is 15.0. The molecule has 0 radical (unpaired) electrons. The van der Waals surface area contributed by atoms with Gasteiger partial charge in [0.25, 0.3) is 5.91 Å². The molecule has 0 unspecified atom stereocenters. The van der Waals surface area contributed by atoms with Crippen LogP contribution in [-0.4, -0.2) is 22.4 Å². The molecule has 1 amide bonds. The fourth-order valence-corrected chi connectivity index (χ4v) is 3.59. The predicted octanol–water partition coefficient (Wildman–Crippen LogP) is 4.52. The first-order chi connectivity index (χ1) is 13.0. The SMILES string of the molecule is Cc1[nH]c2c(F)ccc(C)c2c1CCNC(=O)c1cc2cccc(F)c2[nH]1. The minimum Gasteiger partial charge on any atom is -0.356 e. The normalized spacial score (nSPS) is 11.4. The molecule has 0 saturated heterocycles. The number of rotatable bonds is 4. The average molecular weight is 367 g/mol. The summed E-state index contributed by atoms with van der Waals surface area (Å²) in [6, 6.07) is 9.54. The maximum atomic E-state index is 14.0. The Morgan fingerprint density at radius 1 is 1.04 bits per heavy atom. The quantitative estimate of drug-likeness (QED) is 0.488. The second-order valence-corrected chi connectivity index (χ2v) is 6.74. The van der Waals surface area contributed by atoms with Gasteiger partial charge in [0, 0.05) is 23.0 Å². The number of nitrogens with one attached hydrogen (secondary N) is 3. The van der Waals surface area contributed by atoms with Gasteiger partial charge < -0.3 is 15.3 Å². The molecular formula is C21H19F2N3O. The summed E-state index contributed by atoms with van der Waals surface area (Å²) in [5.41, 5.74) is 4.00. The van der Waals surface area contributed by atoms with Crippen LogP contribution in [0.1, 0.15) is 27.3 Å². The average Bonchev–Trinajstić information content (AvgIpc) is 3.22. The van der Waals surface area contributed by atoms with E-state index in [1.165, 1.54) is 12.1 Å². The van der Waals surface area contributed by atoms with Gasteiger partial charge in [0.15, 0.2) is 0 Å².